The molecule has 5 heteroatoms. The van der Waals surface area contributed by atoms with Crippen molar-refractivity contribution < 1.29 is 6.85 Å². The van der Waals surface area contributed by atoms with Crippen LogP contribution in [0.4, 0.5) is 17.1 Å². The molecule has 0 amide bonds. The molecular formula is C47H28N4S. The van der Waals surface area contributed by atoms with Gasteiger partial charge in [-0.1, -0.05) is 133 Å². The average molecular weight is 686 g/mol. The third kappa shape index (κ3) is 4.50. The first kappa shape index (κ1) is 24.5. The zero-order valence-electron chi connectivity index (χ0n) is 32.5. The number of nitrogens with zero attached hydrogens (tertiary/aromatic N) is 4. The first-order valence-electron chi connectivity index (χ1n) is 19.5. The number of thiophene rings is 1. The van der Waals surface area contributed by atoms with E-state index in [2.05, 4.69) is 108 Å². The maximum atomic E-state index is 8.90. The predicted molar refractivity (Wildman–Crippen MR) is 218 cm³/mol. The Morgan fingerprint density at radius 1 is 0.462 bits per heavy atom. The van der Waals surface area contributed by atoms with Crippen molar-refractivity contribution in [2.45, 2.75) is 0 Å². The molecule has 0 radical (unpaired) electrons. The molecule has 0 aliphatic carbocycles. The normalized spacial score (nSPS) is 13.5. The molecule has 0 spiro atoms. The number of benzene rings is 8. The van der Waals surface area contributed by atoms with Crippen LogP contribution in [0.25, 0.3) is 87.0 Å². The smallest absolute Gasteiger partial charge is 0.164 e. The average Bonchev–Trinajstić information content (AvgIpc) is 3.63. The quantitative estimate of drug-likeness (QED) is 0.185. The van der Waals surface area contributed by atoms with E-state index in [1.54, 1.807) is 11.3 Å². The second-order valence-corrected chi connectivity index (χ2v) is 13.9. The summed E-state index contributed by atoms with van der Waals surface area (Å²) >= 11 is 1.68. The zero-order valence-corrected chi connectivity index (χ0v) is 28.3. The van der Waals surface area contributed by atoms with Gasteiger partial charge in [0.2, 0.25) is 0 Å². The molecule has 0 unspecified atom stereocenters. The van der Waals surface area contributed by atoms with E-state index < -0.39 is 18.1 Å². The standard InChI is InChI=1S/C47H28N4S/c1-2-12-30(13-3-1)45-48-46(32-24-25-37-36-19-7-9-23-42(36)52-43(37)27-32)50-47(49-45)39-28-33(26-31-14-4-5-17-34(31)39)51-40-21-8-6-18-35(40)38-20-10-15-29-16-11-22-41(51)44(29)38/h1-28H/i1D,2D,3D,12D,13D. The predicted octanol–water partition coefficient (Wildman–Crippen LogP) is 13.0. The number of fused-ring (bicyclic) bond motifs is 6. The summed E-state index contributed by atoms with van der Waals surface area (Å²) in [5.41, 5.74) is 6.65. The van der Waals surface area contributed by atoms with E-state index in [9.17, 15) is 0 Å². The minimum atomic E-state index is -0.476. The van der Waals surface area contributed by atoms with Crippen molar-refractivity contribution in [3.8, 4) is 45.3 Å². The van der Waals surface area contributed by atoms with E-state index in [1.165, 1.54) is 15.6 Å². The van der Waals surface area contributed by atoms with Crippen molar-refractivity contribution >= 4 is 70.1 Å². The first-order valence-corrected chi connectivity index (χ1v) is 17.9. The molecule has 0 N–H and O–H groups in total. The second kappa shape index (κ2) is 11.4. The van der Waals surface area contributed by atoms with Crippen LogP contribution in [-0.2, 0) is 0 Å². The summed E-state index contributed by atoms with van der Waals surface area (Å²) in [7, 11) is 0. The fourth-order valence-corrected chi connectivity index (χ4v) is 8.75. The van der Waals surface area contributed by atoms with Gasteiger partial charge in [0.15, 0.2) is 17.5 Å². The van der Waals surface area contributed by atoms with Crippen LogP contribution in [0.3, 0.4) is 0 Å². The van der Waals surface area contributed by atoms with Crippen LogP contribution in [0, 0.1) is 0 Å². The lowest BCUT2D eigenvalue weighted by Gasteiger charge is -2.34. The Morgan fingerprint density at radius 2 is 1.13 bits per heavy atom. The van der Waals surface area contributed by atoms with E-state index in [0.717, 1.165) is 59.8 Å². The van der Waals surface area contributed by atoms with Gasteiger partial charge in [-0.25, -0.2) is 15.0 Å². The highest BCUT2D eigenvalue weighted by molar-refractivity contribution is 7.25. The Bertz CT molecular complexity index is 3310. The lowest BCUT2D eigenvalue weighted by atomic mass is 9.90. The van der Waals surface area contributed by atoms with Gasteiger partial charge in [-0.3, -0.25) is 0 Å². The maximum Gasteiger partial charge on any atom is 0.164 e. The van der Waals surface area contributed by atoms with Gasteiger partial charge in [0, 0.05) is 53.5 Å². The van der Waals surface area contributed by atoms with Gasteiger partial charge in [-0.15, -0.1) is 11.3 Å². The molecule has 1 aliphatic rings. The summed E-state index contributed by atoms with van der Waals surface area (Å²) in [6.45, 7) is 0. The molecule has 52 heavy (non-hydrogen) atoms. The fourth-order valence-electron chi connectivity index (χ4n) is 7.61. The largest absolute Gasteiger partial charge is 0.309 e. The van der Waals surface area contributed by atoms with Crippen molar-refractivity contribution in [2.24, 2.45) is 0 Å². The van der Waals surface area contributed by atoms with Crippen LogP contribution in [0.1, 0.15) is 6.85 Å². The SMILES string of the molecule is [2H]c1c([2H])c([2H])c(-c2nc(-c3ccc4c(c3)sc3ccccc34)nc(-c3cc(N4c5ccccc5-c5cccc6cccc4c56)cc4ccccc34)n2)c([2H])c1[2H]. The van der Waals surface area contributed by atoms with Crippen LogP contribution in [0.15, 0.2) is 170 Å². The third-order valence-electron chi connectivity index (χ3n) is 9.90. The summed E-state index contributed by atoms with van der Waals surface area (Å²) < 4.78 is 45.3. The Balaban J connectivity index is 1.19. The molecule has 0 fully saturated rings. The van der Waals surface area contributed by atoms with E-state index in [1.807, 2.05) is 36.4 Å². The highest BCUT2D eigenvalue weighted by Gasteiger charge is 2.27. The molecule has 3 heterocycles. The van der Waals surface area contributed by atoms with Crippen molar-refractivity contribution in [2.75, 3.05) is 4.90 Å². The van der Waals surface area contributed by atoms with E-state index in [-0.39, 0.29) is 23.5 Å². The van der Waals surface area contributed by atoms with Crippen LogP contribution in [-0.4, -0.2) is 15.0 Å². The topological polar surface area (TPSA) is 41.9 Å². The van der Waals surface area contributed by atoms with Crippen LogP contribution in [0.5, 0.6) is 0 Å². The molecule has 11 rings (SSSR count). The summed E-state index contributed by atoms with van der Waals surface area (Å²) in [6, 6.07) is 45.8. The van der Waals surface area contributed by atoms with Gasteiger partial charge < -0.3 is 4.90 Å². The molecule has 10 aromatic rings. The molecule has 0 bridgehead atoms. The van der Waals surface area contributed by atoms with E-state index >= 15 is 0 Å². The monoisotopic (exact) mass is 685 g/mol. The minimum Gasteiger partial charge on any atom is -0.309 e. The number of anilines is 3. The summed E-state index contributed by atoms with van der Waals surface area (Å²) in [6.07, 6.45) is 0. The number of hydrogen-bond acceptors (Lipinski definition) is 5. The number of aromatic nitrogens is 3. The Hall–Kier alpha value is -6.69. The van der Waals surface area contributed by atoms with Crippen LogP contribution >= 0.6 is 11.3 Å². The fraction of sp³-hybridized carbons (Fsp3) is 0. The molecular weight excluding hydrogens is 653 g/mol. The third-order valence-corrected chi connectivity index (χ3v) is 11.0. The Morgan fingerprint density at radius 3 is 2.04 bits per heavy atom. The van der Waals surface area contributed by atoms with Gasteiger partial charge in [-0.2, -0.15) is 0 Å². The zero-order chi connectivity index (χ0) is 38.5. The lowest BCUT2D eigenvalue weighted by molar-refractivity contribution is 1.08. The maximum absolute atomic E-state index is 8.90. The van der Waals surface area contributed by atoms with Gasteiger partial charge in [-0.05, 0) is 58.1 Å². The summed E-state index contributed by atoms with van der Waals surface area (Å²) in [5.74, 6) is 0.651. The van der Waals surface area contributed by atoms with Crippen molar-refractivity contribution in [3.05, 3.63) is 170 Å². The van der Waals surface area contributed by atoms with Gasteiger partial charge in [0.1, 0.15) is 0 Å². The molecule has 242 valence electrons. The molecule has 0 saturated heterocycles. The van der Waals surface area contributed by atoms with Crippen molar-refractivity contribution in [3.63, 3.8) is 0 Å². The second-order valence-electron chi connectivity index (χ2n) is 12.9. The van der Waals surface area contributed by atoms with Gasteiger partial charge in [0.05, 0.1) is 18.2 Å². The number of hydrogen-bond donors (Lipinski definition) is 0. The molecule has 4 nitrogen and oxygen atoms in total. The lowest BCUT2D eigenvalue weighted by Crippen LogP contribution is -2.15. The van der Waals surface area contributed by atoms with E-state index in [0.29, 0.717) is 17.2 Å². The molecule has 2 aromatic heterocycles. The number of rotatable bonds is 4. The molecule has 0 saturated carbocycles. The van der Waals surface area contributed by atoms with Gasteiger partial charge >= 0.3 is 0 Å². The summed E-state index contributed by atoms with van der Waals surface area (Å²) in [5, 5.41) is 6.46. The highest BCUT2D eigenvalue weighted by atomic mass is 32.1. The Labute approximate surface area is 311 Å². The molecule has 1 aliphatic heterocycles. The Kier molecular flexibility index (Phi) is 5.37. The highest BCUT2D eigenvalue weighted by Crippen LogP contribution is 2.51. The molecule has 0 atom stereocenters. The number of para-hydroxylation sites is 1. The molecule has 8 aromatic carbocycles. The van der Waals surface area contributed by atoms with Crippen molar-refractivity contribution in [1.82, 2.24) is 15.0 Å². The van der Waals surface area contributed by atoms with E-state index in [4.69, 9.17) is 21.8 Å². The first-order chi connectivity index (χ1) is 27.8. The van der Waals surface area contributed by atoms with Crippen molar-refractivity contribution in [1.29, 1.82) is 0 Å². The van der Waals surface area contributed by atoms with Gasteiger partial charge in [0.25, 0.3) is 0 Å². The van der Waals surface area contributed by atoms with Crippen LogP contribution < -0.4 is 4.90 Å². The van der Waals surface area contributed by atoms with Crippen LogP contribution in [0.2, 0.25) is 0 Å². The summed E-state index contributed by atoms with van der Waals surface area (Å²) in [4.78, 5) is 17.3. The minimum absolute atomic E-state index is 0.0000600.